The number of aromatic nitrogens is 1. The summed E-state index contributed by atoms with van der Waals surface area (Å²) >= 11 is 0. The third kappa shape index (κ3) is 5.43. The summed E-state index contributed by atoms with van der Waals surface area (Å²) in [5.41, 5.74) is 11.7. The highest BCUT2D eigenvalue weighted by Crippen LogP contribution is 2.47. The van der Waals surface area contributed by atoms with Gasteiger partial charge in [-0.1, -0.05) is 164 Å². The van der Waals surface area contributed by atoms with E-state index in [2.05, 4.69) is 222 Å². The van der Waals surface area contributed by atoms with Gasteiger partial charge in [-0.2, -0.15) is 0 Å². The minimum absolute atomic E-state index is 0.271. The molecule has 12 aromatic rings. The van der Waals surface area contributed by atoms with Crippen molar-refractivity contribution in [1.29, 1.82) is 0 Å². The van der Waals surface area contributed by atoms with Crippen molar-refractivity contribution in [2.24, 2.45) is 4.99 Å². The Morgan fingerprint density at radius 2 is 0.935 bits per heavy atom. The molecule has 2 aromatic heterocycles. The molecule has 0 fully saturated rings. The largest absolute Gasteiger partial charge is 0.456 e. The van der Waals surface area contributed by atoms with Gasteiger partial charge in [0.2, 0.25) is 0 Å². The van der Waals surface area contributed by atoms with E-state index in [1.54, 1.807) is 0 Å². The molecule has 0 saturated carbocycles. The number of amidine groups is 1. The molecule has 0 saturated heterocycles. The fraction of sp³-hybridized carbons (Fsp3) is 0.0172. The molecule has 290 valence electrons. The van der Waals surface area contributed by atoms with E-state index in [-0.39, 0.29) is 6.04 Å². The van der Waals surface area contributed by atoms with Crippen molar-refractivity contribution in [3.63, 3.8) is 0 Å². The second-order valence-corrected chi connectivity index (χ2v) is 16.4. The van der Waals surface area contributed by atoms with Gasteiger partial charge in [0, 0.05) is 27.1 Å². The first-order valence-electron chi connectivity index (χ1n) is 21.2. The van der Waals surface area contributed by atoms with E-state index < -0.39 is 0 Å². The van der Waals surface area contributed by atoms with E-state index in [1.807, 2.05) is 0 Å². The van der Waals surface area contributed by atoms with Gasteiger partial charge in [0.1, 0.15) is 23.1 Å². The van der Waals surface area contributed by atoms with Gasteiger partial charge in [-0.3, -0.25) is 0 Å². The molecule has 0 radical (unpaired) electrons. The van der Waals surface area contributed by atoms with Gasteiger partial charge in [-0.05, 0) is 103 Å². The average Bonchev–Trinajstić information content (AvgIpc) is 3.86. The summed E-state index contributed by atoms with van der Waals surface area (Å²) in [5, 5.41) is 14.5. The van der Waals surface area contributed by atoms with E-state index in [4.69, 9.17) is 9.41 Å². The summed E-state index contributed by atoms with van der Waals surface area (Å²) in [4.78, 5) is 5.55. The lowest BCUT2D eigenvalue weighted by Crippen LogP contribution is -2.32. The monoisotopic (exact) mass is 791 g/mol. The smallest absolute Gasteiger partial charge is 0.157 e. The van der Waals surface area contributed by atoms with Crippen LogP contribution < -0.4 is 5.32 Å². The van der Waals surface area contributed by atoms with Crippen LogP contribution in [0.3, 0.4) is 0 Å². The number of nitrogens with zero attached hydrogens (tertiary/aromatic N) is 2. The number of aliphatic imine (C=N–C) groups is 1. The zero-order chi connectivity index (χ0) is 40.7. The summed E-state index contributed by atoms with van der Waals surface area (Å²) in [6, 6.07) is 76.1. The average molecular weight is 792 g/mol. The maximum absolute atomic E-state index is 6.94. The van der Waals surface area contributed by atoms with Crippen LogP contribution in [0.2, 0.25) is 0 Å². The number of fused-ring (bicyclic) bond motifs is 9. The summed E-state index contributed by atoms with van der Waals surface area (Å²) in [5.74, 6) is 1.60. The first kappa shape index (κ1) is 34.6. The Bertz CT molecular complexity index is 3680. The van der Waals surface area contributed by atoms with E-state index in [1.165, 1.54) is 48.7 Å². The number of hydrogen-bond acceptors (Lipinski definition) is 3. The molecule has 3 heterocycles. The van der Waals surface area contributed by atoms with Gasteiger partial charge in [-0.25, -0.2) is 4.99 Å². The molecule has 0 bridgehead atoms. The van der Waals surface area contributed by atoms with Crippen LogP contribution in [0.25, 0.3) is 93.0 Å². The zero-order valence-electron chi connectivity index (χ0n) is 33.6. The molecule has 0 spiro atoms. The van der Waals surface area contributed by atoms with E-state index in [0.717, 1.165) is 72.7 Å². The van der Waals surface area contributed by atoms with Crippen LogP contribution in [0.4, 0.5) is 5.69 Å². The normalized spacial score (nSPS) is 13.9. The summed E-state index contributed by atoms with van der Waals surface area (Å²) < 4.78 is 9.42. The first-order chi connectivity index (χ1) is 30.7. The molecule has 1 aliphatic rings. The molecular weight excluding hydrogens is 755 g/mol. The van der Waals surface area contributed by atoms with Crippen LogP contribution in [0, 0.1) is 0 Å². The molecule has 62 heavy (non-hydrogen) atoms. The lowest BCUT2D eigenvalue weighted by molar-refractivity contribution is 0.504. The van der Waals surface area contributed by atoms with Crippen molar-refractivity contribution in [3.8, 4) is 27.9 Å². The standard InChI is InChI=1S/C58H37N3O/c1-4-16-36(17-5-1)46-34-50-54(35-47(46)37-18-6-2-7-19-37)62-57-55(38-20-8-3-9-21-38)59-58(60-56(50)57)44-28-43-26-14-15-27-45(43)51(33-44)61-52-31-41-24-12-10-22-39(41)29-48(52)49-30-40-23-11-13-25-42(40)32-53(49)61/h1-35,55H,(H,59,60). The molecule has 0 aliphatic carbocycles. The molecule has 1 unspecified atom stereocenters. The summed E-state index contributed by atoms with van der Waals surface area (Å²) in [7, 11) is 0. The van der Waals surface area contributed by atoms with E-state index >= 15 is 0 Å². The number of furan rings is 1. The number of rotatable bonds is 5. The fourth-order valence-corrected chi connectivity index (χ4v) is 9.81. The summed E-state index contributed by atoms with van der Waals surface area (Å²) in [6.45, 7) is 0. The quantitative estimate of drug-likeness (QED) is 0.189. The molecule has 0 amide bonds. The van der Waals surface area contributed by atoms with Gasteiger partial charge in [-0.15, -0.1) is 0 Å². The summed E-state index contributed by atoms with van der Waals surface area (Å²) in [6.07, 6.45) is 0. The highest BCUT2D eigenvalue weighted by molar-refractivity contribution is 6.18. The van der Waals surface area contributed by atoms with Crippen molar-refractivity contribution >= 4 is 76.6 Å². The van der Waals surface area contributed by atoms with Crippen LogP contribution in [-0.4, -0.2) is 10.4 Å². The van der Waals surface area contributed by atoms with Crippen LogP contribution >= 0.6 is 0 Å². The molecule has 4 heteroatoms. The number of nitrogens with one attached hydrogen (secondary N) is 1. The Morgan fingerprint density at radius 3 is 1.55 bits per heavy atom. The van der Waals surface area contributed by atoms with Crippen molar-refractivity contribution in [1.82, 2.24) is 9.88 Å². The molecule has 13 rings (SSSR count). The lowest BCUT2D eigenvalue weighted by atomic mass is 9.92. The van der Waals surface area contributed by atoms with Crippen LogP contribution in [-0.2, 0) is 0 Å². The first-order valence-corrected chi connectivity index (χ1v) is 21.2. The van der Waals surface area contributed by atoms with Crippen molar-refractivity contribution < 1.29 is 4.42 Å². The molecular formula is C58H37N3O. The lowest BCUT2D eigenvalue weighted by Gasteiger charge is -2.25. The second kappa shape index (κ2) is 13.7. The Hall–Kier alpha value is -8.21. The van der Waals surface area contributed by atoms with E-state index in [0.29, 0.717) is 0 Å². The second-order valence-electron chi connectivity index (χ2n) is 16.4. The SMILES string of the molecule is c1ccc(-c2cc3oc4c(c3cc2-c2ccccc2)N=C(c2cc(-n3c5cc6ccccc6cc5c5cc6ccccc6cc53)c3ccccc3c2)NC4c2ccccc2)cc1. The third-order valence-corrected chi connectivity index (χ3v) is 12.8. The predicted molar refractivity (Wildman–Crippen MR) is 258 cm³/mol. The molecule has 1 aliphatic heterocycles. The van der Waals surface area contributed by atoms with Gasteiger partial charge >= 0.3 is 0 Å². The Morgan fingerprint density at radius 1 is 0.419 bits per heavy atom. The molecule has 1 atom stereocenters. The van der Waals surface area contributed by atoms with Crippen LogP contribution in [0.1, 0.15) is 22.9 Å². The zero-order valence-corrected chi connectivity index (χ0v) is 33.6. The third-order valence-electron chi connectivity index (χ3n) is 12.8. The van der Waals surface area contributed by atoms with Gasteiger partial charge in [0.25, 0.3) is 0 Å². The molecule has 10 aromatic carbocycles. The topological polar surface area (TPSA) is 42.5 Å². The number of hydrogen-bond donors (Lipinski definition) is 1. The maximum Gasteiger partial charge on any atom is 0.157 e. The Kier molecular flexibility index (Phi) is 7.63. The Balaban J connectivity index is 1.08. The fourth-order valence-electron chi connectivity index (χ4n) is 9.81. The highest BCUT2D eigenvalue weighted by atomic mass is 16.3. The van der Waals surface area contributed by atoms with Crippen molar-refractivity contribution in [2.75, 3.05) is 0 Å². The minimum atomic E-state index is -0.271. The van der Waals surface area contributed by atoms with Crippen LogP contribution in [0.15, 0.2) is 222 Å². The van der Waals surface area contributed by atoms with Crippen LogP contribution in [0.5, 0.6) is 0 Å². The van der Waals surface area contributed by atoms with E-state index in [9.17, 15) is 0 Å². The van der Waals surface area contributed by atoms with Crippen molar-refractivity contribution in [2.45, 2.75) is 6.04 Å². The molecule has 1 N–H and O–H groups in total. The maximum atomic E-state index is 6.94. The number of benzene rings is 10. The predicted octanol–water partition coefficient (Wildman–Crippen LogP) is 15.1. The van der Waals surface area contributed by atoms with Crippen molar-refractivity contribution in [3.05, 3.63) is 229 Å². The minimum Gasteiger partial charge on any atom is -0.456 e. The van der Waals surface area contributed by atoms with Gasteiger partial charge in [0.05, 0.1) is 16.7 Å². The van der Waals surface area contributed by atoms with Gasteiger partial charge < -0.3 is 14.3 Å². The highest BCUT2D eigenvalue weighted by Gasteiger charge is 2.31. The molecule has 4 nitrogen and oxygen atoms in total. The van der Waals surface area contributed by atoms with Gasteiger partial charge in [0.15, 0.2) is 5.76 Å². The Labute approximate surface area is 357 Å².